The Labute approximate surface area is 212 Å². The first-order valence-electron chi connectivity index (χ1n) is 12.6. The van der Waals surface area contributed by atoms with Crippen molar-refractivity contribution in [3.8, 4) is 11.1 Å². The van der Waals surface area contributed by atoms with Gasteiger partial charge in [0.25, 0.3) is 0 Å². The molecule has 3 N–H and O–H groups in total. The van der Waals surface area contributed by atoms with Crippen LogP contribution in [0.4, 0.5) is 4.79 Å². The number of benzene rings is 3. The number of fused-ring (bicyclic) bond motifs is 3. The van der Waals surface area contributed by atoms with Gasteiger partial charge in [0.05, 0.1) is 12.1 Å². The number of hydrogen-bond donors (Lipinski definition) is 3. The summed E-state index contributed by atoms with van der Waals surface area (Å²) in [6.07, 6.45) is -0.798. The van der Waals surface area contributed by atoms with E-state index in [1.165, 1.54) is 0 Å². The molecule has 0 aromatic heterocycles. The van der Waals surface area contributed by atoms with Crippen molar-refractivity contribution in [2.75, 3.05) is 6.61 Å². The van der Waals surface area contributed by atoms with Gasteiger partial charge in [-0.3, -0.25) is 4.79 Å². The Kier molecular flexibility index (Phi) is 8.06. The number of aliphatic hydroxyl groups is 1. The molecule has 0 heterocycles. The third kappa shape index (κ3) is 5.44. The quantitative estimate of drug-likeness (QED) is 0.389. The predicted octanol–water partition coefficient (Wildman–Crippen LogP) is 5.18. The Hall–Kier alpha value is -3.64. The standard InChI is InChI=1S/C30H34N2O4/c1-4-19(2)27(29(34)31-20(3)28(33)21-12-6-5-7-13-21)32-30(35)36-18-26-24-16-10-8-14-22(24)23-15-9-11-17-25(23)26/h5-17,19-20,26-28,33H,4,18H2,1-3H3,(H,31,34)(H,32,35)/t19-,20-,27-,28-/m0/s1. The van der Waals surface area contributed by atoms with Gasteiger partial charge in [0.2, 0.25) is 5.91 Å². The minimum atomic E-state index is -0.859. The number of rotatable bonds is 9. The zero-order chi connectivity index (χ0) is 25.7. The van der Waals surface area contributed by atoms with Crippen LogP contribution in [0.2, 0.25) is 0 Å². The van der Waals surface area contributed by atoms with Gasteiger partial charge in [-0.2, -0.15) is 0 Å². The highest BCUT2D eigenvalue weighted by atomic mass is 16.5. The molecule has 0 fully saturated rings. The molecular weight excluding hydrogens is 452 g/mol. The van der Waals surface area contributed by atoms with E-state index in [1.54, 1.807) is 6.92 Å². The first-order valence-corrected chi connectivity index (χ1v) is 12.6. The lowest BCUT2D eigenvalue weighted by Crippen LogP contribution is -2.53. The lowest BCUT2D eigenvalue weighted by atomic mass is 9.97. The number of carbonyl (C=O) groups is 2. The summed E-state index contributed by atoms with van der Waals surface area (Å²) in [4.78, 5) is 26.0. The summed E-state index contributed by atoms with van der Waals surface area (Å²) in [7, 11) is 0. The van der Waals surface area contributed by atoms with E-state index in [4.69, 9.17) is 4.74 Å². The zero-order valence-electron chi connectivity index (χ0n) is 21.0. The summed E-state index contributed by atoms with van der Waals surface area (Å²) in [5.74, 6) is -0.521. The highest BCUT2D eigenvalue weighted by Gasteiger charge is 2.31. The number of alkyl carbamates (subject to hydrolysis) is 1. The molecule has 0 spiro atoms. The van der Waals surface area contributed by atoms with Crippen LogP contribution in [0.1, 0.15) is 55.9 Å². The van der Waals surface area contributed by atoms with Gasteiger partial charge < -0.3 is 20.5 Å². The van der Waals surface area contributed by atoms with Crippen molar-refractivity contribution in [1.29, 1.82) is 0 Å². The lowest BCUT2D eigenvalue weighted by molar-refractivity contribution is -0.125. The second-order valence-electron chi connectivity index (χ2n) is 9.49. The molecule has 1 aliphatic carbocycles. The molecule has 0 aliphatic heterocycles. The summed E-state index contributed by atoms with van der Waals surface area (Å²) in [5.41, 5.74) is 5.29. The molecule has 6 nitrogen and oxygen atoms in total. The van der Waals surface area contributed by atoms with Crippen LogP contribution in [0.25, 0.3) is 11.1 Å². The summed E-state index contributed by atoms with van der Waals surface area (Å²) < 4.78 is 5.66. The SMILES string of the molecule is CC[C@H](C)[C@H](NC(=O)OCC1c2ccccc2-c2ccccc21)C(=O)N[C@@H](C)[C@H](O)c1ccccc1. The first kappa shape index (κ1) is 25.5. The maximum atomic E-state index is 13.1. The van der Waals surface area contributed by atoms with Crippen molar-refractivity contribution in [2.24, 2.45) is 5.92 Å². The van der Waals surface area contributed by atoms with E-state index in [9.17, 15) is 14.7 Å². The fourth-order valence-electron chi connectivity index (χ4n) is 4.80. The van der Waals surface area contributed by atoms with E-state index >= 15 is 0 Å². The molecule has 0 bridgehead atoms. The van der Waals surface area contributed by atoms with Gasteiger partial charge in [0.15, 0.2) is 0 Å². The van der Waals surface area contributed by atoms with Crippen LogP contribution in [-0.2, 0) is 9.53 Å². The van der Waals surface area contributed by atoms with E-state index in [2.05, 4.69) is 34.9 Å². The van der Waals surface area contributed by atoms with Crippen molar-refractivity contribution in [1.82, 2.24) is 10.6 Å². The summed E-state index contributed by atoms with van der Waals surface area (Å²) in [6.45, 7) is 5.80. The van der Waals surface area contributed by atoms with Gasteiger partial charge in [-0.1, -0.05) is 99.1 Å². The first-order chi connectivity index (χ1) is 17.4. The number of ether oxygens (including phenoxy) is 1. The zero-order valence-corrected chi connectivity index (χ0v) is 21.0. The number of carbonyl (C=O) groups excluding carboxylic acids is 2. The molecule has 0 unspecified atom stereocenters. The van der Waals surface area contributed by atoms with Gasteiger partial charge in [0.1, 0.15) is 12.6 Å². The molecule has 3 aromatic carbocycles. The smallest absolute Gasteiger partial charge is 0.407 e. The minimum absolute atomic E-state index is 0.0555. The van der Waals surface area contributed by atoms with Crippen LogP contribution in [0.5, 0.6) is 0 Å². The number of nitrogens with one attached hydrogen (secondary N) is 2. The second-order valence-corrected chi connectivity index (χ2v) is 9.49. The van der Waals surface area contributed by atoms with Gasteiger partial charge >= 0.3 is 6.09 Å². The Morgan fingerprint density at radius 2 is 1.42 bits per heavy atom. The average Bonchev–Trinajstić information content (AvgIpc) is 3.23. The molecule has 188 valence electrons. The molecule has 6 heteroatoms. The van der Waals surface area contributed by atoms with E-state index in [0.29, 0.717) is 6.42 Å². The van der Waals surface area contributed by atoms with Crippen molar-refractivity contribution in [2.45, 2.75) is 51.3 Å². The van der Waals surface area contributed by atoms with Crippen LogP contribution in [0.3, 0.4) is 0 Å². The van der Waals surface area contributed by atoms with Crippen LogP contribution < -0.4 is 10.6 Å². The molecule has 1 aliphatic rings. The number of hydrogen-bond acceptors (Lipinski definition) is 4. The average molecular weight is 487 g/mol. The molecule has 0 saturated carbocycles. The third-order valence-electron chi connectivity index (χ3n) is 7.10. The van der Waals surface area contributed by atoms with Crippen LogP contribution in [0, 0.1) is 5.92 Å². The number of aliphatic hydroxyl groups excluding tert-OH is 1. The Morgan fingerprint density at radius 3 is 2.00 bits per heavy atom. The van der Waals surface area contributed by atoms with Gasteiger partial charge in [-0.25, -0.2) is 4.79 Å². The Bertz CT molecular complexity index is 1150. The van der Waals surface area contributed by atoms with Crippen molar-refractivity contribution in [3.05, 3.63) is 95.6 Å². The highest BCUT2D eigenvalue weighted by Crippen LogP contribution is 2.44. The summed E-state index contributed by atoms with van der Waals surface area (Å²) in [5, 5.41) is 16.3. The van der Waals surface area contributed by atoms with E-state index in [-0.39, 0.29) is 24.3 Å². The fraction of sp³-hybridized carbons (Fsp3) is 0.333. The second kappa shape index (κ2) is 11.4. The molecule has 3 aromatic rings. The van der Waals surface area contributed by atoms with Crippen LogP contribution in [-0.4, -0.2) is 35.8 Å². The van der Waals surface area contributed by atoms with E-state index < -0.39 is 24.3 Å². The largest absolute Gasteiger partial charge is 0.449 e. The predicted molar refractivity (Wildman–Crippen MR) is 140 cm³/mol. The highest BCUT2D eigenvalue weighted by molar-refractivity contribution is 5.86. The third-order valence-corrected chi connectivity index (χ3v) is 7.10. The Balaban J connectivity index is 1.40. The van der Waals surface area contributed by atoms with Crippen LogP contribution in [0.15, 0.2) is 78.9 Å². The molecule has 36 heavy (non-hydrogen) atoms. The van der Waals surface area contributed by atoms with Gasteiger partial charge in [-0.15, -0.1) is 0 Å². The molecule has 2 amide bonds. The van der Waals surface area contributed by atoms with Gasteiger partial charge in [-0.05, 0) is 40.7 Å². The molecule has 0 saturated heterocycles. The molecular formula is C30H34N2O4. The van der Waals surface area contributed by atoms with E-state index in [0.717, 1.165) is 27.8 Å². The monoisotopic (exact) mass is 486 g/mol. The maximum Gasteiger partial charge on any atom is 0.407 e. The van der Waals surface area contributed by atoms with Crippen LogP contribution >= 0.6 is 0 Å². The van der Waals surface area contributed by atoms with Crippen molar-refractivity contribution in [3.63, 3.8) is 0 Å². The minimum Gasteiger partial charge on any atom is -0.449 e. The van der Waals surface area contributed by atoms with E-state index in [1.807, 2.05) is 68.4 Å². The Morgan fingerprint density at radius 1 is 0.861 bits per heavy atom. The maximum absolute atomic E-state index is 13.1. The molecule has 0 radical (unpaired) electrons. The normalized spacial score (nSPS) is 15.7. The lowest BCUT2D eigenvalue weighted by Gasteiger charge is -2.27. The summed E-state index contributed by atoms with van der Waals surface area (Å²) in [6, 6.07) is 24.2. The van der Waals surface area contributed by atoms with Gasteiger partial charge in [0, 0.05) is 5.92 Å². The topological polar surface area (TPSA) is 87.7 Å². The molecule has 4 atom stereocenters. The molecule has 4 rings (SSSR count). The summed E-state index contributed by atoms with van der Waals surface area (Å²) >= 11 is 0. The van der Waals surface area contributed by atoms with Crippen molar-refractivity contribution >= 4 is 12.0 Å². The van der Waals surface area contributed by atoms with Crippen molar-refractivity contribution < 1.29 is 19.4 Å². The number of amides is 2. The fourth-order valence-corrected chi connectivity index (χ4v) is 4.80.